The first-order valence-electron chi connectivity index (χ1n) is 5.95. The number of hydrogen-bond acceptors (Lipinski definition) is 6. The smallest absolute Gasteiger partial charge is 0.195 e. The quantitative estimate of drug-likeness (QED) is 0.823. The zero-order chi connectivity index (χ0) is 12.5. The van der Waals surface area contributed by atoms with Crippen molar-refractivity contribution in [2.24, 2.45) is 5.73 Å². The van der Waals surface area contributed by atoms with Crippen LogP contribution in [-0.4, -0.2) is 46.9 Å². The third kappa shape index (κ3) is 1.79. The van der Waals surface area contributed by atoms with E-state index in [0.29, 0.717) is 19.8 Å². The molecule has 7 heteroatoms. The monoisotopic (exact) mass is 268 g/mol. The van der Waals surface area contributed by atoms with Gasteiger partial charge < -0.3 is 20.5 Å². The molecule has 0 aromatic carbocycles. The number of fused-ring (bicyclic) bond motifs is 1. The number of morpholine rings is 1. The summed E-state index contributed by atoms with van der Waals surface area (Å²) in [6.07, 6.45) is 1.98. The van der Waals surface area contributed by atoms with E-state index in [4.69, 9.17) is 10.5 Å². The van der Waals surface area contributed by atoms with E-state index in [9.17, 15) is 5.11 Å². The number of aliphatic hydroxyl groups excluding tert-OH is 1. The van der Waals surface area contributed by atoms with Gasteiger partial charge in [0, 0.05) is 24.7 Å². The Labute approximate surface area is 109 Å². The highest BCUT2D eigenvalue weighted by molar-refractivity contribution is 7.15. The highest BCUT2D eigenvalue weighted by Gasteiger charge is 2.27. The summed E-state index contributed by atoms with van der Waals surface area (Å²) in [7, 11) is 0. The van der Waals surface area contributed by atoms with Crippen LogP contribution in [0.15, 0.2) is 11.6 Å². The first-order valence-corrected chi connectivity index (χ1v) is 6.83. The van der Waals surface area contributed by atoms with E-state index in [1.807, 2.05) is 16.0 Å². The molecule has 0 amide bonds. The molecule has 18 heavy (non-hydrogen) atoms. The van der Waals surface area contributed by atoms with Crippen LogP contribution in [0.4, 0.5) is 5.82 Å². The average Bonchev–Trinajstić information content (AvgIpc) is 2.98. The maximum Gasteiger partial charge on any atom is 0.195 e. The molecule has 3 rings (SSSR count). The second-order valence-corrected chi connectivity index (χ2v) is 5.12. The van der Waals surface area contributed by atoms with Crippen molar-refractivity contribution in [1.29, 1.82) is 0 Å². The van der Waals surface area contributed by atoms with Crippen molar-refractivity contribution in [2.45, 2.75) is 12.6 Å². The second-order valence-electron chi connectivity index (χ2n) is 4.25. The Morgan fingerprint density at radius 1 is 1.61 bits per heavy atom. The Bertz CT molecular complexity index is 538. The highest BCUT2D eigenvalue weighted by atomic mass is 32.1. The Hall–Kier alpha value is -1.15. The number of nitrogens with zero attached hydrogens (tertiary/aromatic N) is 3. The lowest BCUT2D eigenvalue weighted by atomic mass is 10.2. The van der Waals surface area contributed by atoms with Gasteiger partial charge in [0.15, 0.2) is 10.8 Å². The molecule has 2 aromatic rings. The molecule has 1 aliphatic heterocycles. The molecule has 6 nitrogen and oxygen atoms in total. The number of rotatable bonds is 3. The molecule has 1 saturated heterocycles. The molecule has 1 fully saturated rings. The fourth-order valence-electron chi connectivity index (χ4n) is 2.33. The van der Waals surface area contributed by atoms with Crippen LogP contribution in [0.1, 0.15) is 5.69 Å². The summed E-state index contributed by atoms with van der Waals surface area (Å²) in [5.74, 6) is 0.881. The summed E-state index contributed by atoms with van der Waals surface area (Å²) in [6, 6.07) is -0.0337. The number of hydrogen-bond donors (Lipinski definition) is 2. The molecule has 0 saturated carbocycles. The predicted octanol–water partition coefficient (Wildman–Crippen LogP) is 0.0520. The molecular formula is C11H16N4O2S. The van der Waals surface area contributed by atoms with Crippen LogP contribution in [0.2, 0.25) is 0 Å². The SMILES string of the molecule is NCc1c(N2CCOCC2CO)nc2sccn12. The van der Waals surface area contributed by atoms with Crippen molar-refractivity contribution >= 4 is 22.1 Å². The summed E-state index contributed by atoms with van der Waals surface area (Å²) in [5.41, 5.74) is 6.83. The topological polar surface area (TPSA) is 76.0 Å². The van der Waals surface area contributed by atoms with Crippen LogP contribution in [0, 0.1) is 0 Å². The maximum absolute atomic E-state index is 9.43. The van der Waals surface area contributed by atoms with Crippen molar-refractivity contribution in [2.75, 3.05) is 31.3 Å². The largest absolute Gasteiger partial charge is 0.394 e. The van der Waals surface area contributed by atoms with E-state index in [1.54, 1.807) is 11.3 Å². The Kier molecular flexibility index (Phi) is 3.21. The van der Waals surface area contributed by atoms with Crippen molar-refractivity contribution in [3.8, 4) is 0 Å². The first kappa shape index (κ1) is 11.9. The van der Waals surface area contributed by atoms with E-state index >= 15 is 0 Å². The summed E-state index contributed by atoms with van der Waals surface area (Å²) < 4.78 is 7.41. The van der Waals surface area contributed by atoms with Gasteiger partial charge in [0.1, 0.15) is 0 Å². The predicted molar refractivity (Wildman–Crippen MR) is 70.0 cm³/mol. The van der Waals surface area contributed by atoms with Gasteiger partial charge in [0.05, 0.1) is 31.6 Å². The van der Waals surface area contributed by atoms with Crippen LogP contribution in [0.5, 0.6) is 0 Å². The zero-order valence-electron chi connectivity index (χ0n) is 9.95. The van der Waals surface area contributed by atoms with Gasteiger partial charge in [0.2, 0.25) is 0 Å². The minimum Gasteiger partial charge on any atom is -0.394 e. The van der Waals surface area contributed by atoms with Crippen molar-refractivity contribution in [3.63, 3.8) is 0 Å². The van der Waals surface area contributed by atoms with E-state index in [0.717, 1.165) is 23.0 Å². The molecular weight excluding hydrogens is 252 g/mol. The van der Waals surface area contributed by atoms with Crippen molar-refractivity contribution in [3.05, 3.63) is 17.3 Å². The highest BCUT2D eigenvalue weighted by Crippen LogP contribution is 2.26. The lowest BCUT2D eigenvalue weighted by Gasteiger charge is -2.35. The first-order chi connectivity index (χ1) is 8.85. The number of imidazole rings is 1. The normalized spacial score (nSPS) is 20.8. The van der Waals surface area contributed by atoms with Gasteiger partial charge in [-0.25, -0.2) is 4.98 Å². The molecule has 1 atom stereocenters. The molecule has 98 valence electrons. The van der Waals surface area contributed by atoms with Crippen LogP contribution in [0.3, 0.4) is 0 Å². The lowest BCUT2D eigenvalue weighted by Crippen LogP contribution is -2.48. The van der Waals surface area contributed by atoms with Crippen molar-refractivity contribution in [1.82, 2.24) is 9.38 Å². The van der Waals surface area contributed by atoms with Gasteiger partial charge in [-0.15, -0.1) is 11.3 Å². The molecule has 1 unspecified atom stereocenters. The third-order valence-electron chi connectivity index (χ3n) is 3.24. The van der Waals surface area contributed by atoms with Crippen LogP contribution in [0.25, 0.3) is 4.96 Å². The fourth-order valence-corrected chi connectivity index (χ4v) is 3.05. The zero-order valence-corrected chi connectivity index (χ0v) is 10.8. The minimum absolute atomic E-state index is 0.0337. The molecule has 0 bridgehead atoms. The molecule has 3 heterocycles. The standard InChI is InChI=1S/C11H16N4O2S/c12-5-9-10(13-11-15(9)2-4-18-11)14-1-3-17-7-8(14)6-16/h2,4,8,16H,1,3,5-7,12H2. The molecule has 0 radical (unpaired) electrons. The number of anilines is 1. The van der Waals surface area contributed by atoms with Gasteiger partial charge >= 0.3 is 0 Å². The average molecular weight is 268 g/mol. The maximum atomic E-state index is 9.43. The van der Waals surface area contributed by atoms with Gasteiger partial charge in [-0.3, -0.25) is 4.40 Å². The Morgan fingerprint density at radius 2 is 2.50 bits per heavy atom. The number of aliphatic hydroxyl groups is 1. The summed E-state index contributed by atoms with van der Waals surface area (Å²) >= 11 is 1.59. The van der Waals surface area contributed by atoms with E-state index in [2.05, 4.69) is 9.88 Å². The third-order valence-corrected chi connectivity index (χ3v) is 4.00. The second kappa shape index (κ2) is 4.85. The van der Waals surface area contributed by atoms with Gasteiger partial charge in [-0.05, 0) is 0 Å². The molecule has 3 N–H and O–H groups in total. The molecule has 2 aromatic heterocycles. The van der Waals surface area contributed by atoms with Crippen LogP contribution < -0.4 is 10.6 Å². The van der Waals surface area contributed by atoms with Crippen LogP contribution >= 0.6 is 11.3 Å². The number of aromatic nitrogens is 2. The van der Waals surface area contributed by atoms with Crippen LogP contribution in [-0.2, 0) is 11.3 Å². The molecule has 0 aliphatic carbocycles. The van der Waals surface area contributed by atoms with Gasteiger partial charge in [-0.1, -0.05) is 0 Å². The molecule has 1 aliphatic rings. The lowest BCUT2D eigenvalue weighted by molar-refractivity contribution is 0.0722. The number of ether oxygens (including phenoxy) is 1. The Balaban J connectivity index is 2.03. The van der Waals surface area contributed by atoms with E-state index < -0.39 is 0 Å². The summed E-state index contributed by atoms with van der Waals surface area (Å²) in [4.78, 5) is 7.67. The number of nitrogens with two attached hydrogens (primary N) is 1. The van der Waals surface area contributed by atoms with Crippen molar-refractivity contribution < 1.29 is 9.84 Å². The van der Waals surface area contributed by atoms with Gasteiger partial charge in [-0.2, -0.15) is 0 Å². The van der Waals surface area contributed by atoms with Gasteiger partial charge in [0.25, 0.3) is 0 Å². The summed E-state index contributed by atoms with van der Waals surface area (Å²) in [6.45, 7) is 2.43. The molecule has 0 spiro atoms. The fraction of sp³-hybridized carbons (Fsp3) is 0.545. The van der Waals surface area contributed by atoms with E-state index in [1.165, 1.54) is 0 Å². The number of thiazole rings is 1. The minimum atomic E-state index is -0.0337. The Morgan fingerprint density at radius 3 is 3.28 bits per heavy atom. The van der Waals surface area contributed by atoms with E-state index in [-0.39, 0.29) is 12.6 Å². The summed E-state index contributed by atoms with van der Waals surface area (Å²) in [5, 5.41) is 11.4.